The molecule has 1 N–H and O–H groups in total. The molecule has 0 bridgehead atoms. The van der Waals surface area contributed by atoms with Crippen molar-refractivity contribution in [3.05, 3.63) is 58.3 Å². The van der Waals surface area contributed by atoms with Gasteiger partial charge in [-0.1, -0.05) is 6.07 Å². The molecule has 1 aliphatic heterocycles. The van der Waals surface area contributed by atoms with Gasteiger partial charge in [0, 0.05) is 19.2 Å². The number of aromatic nitrogens is 3. The molecule has 1 aromatic carbocycles. The van der Waals surface area contributed by atoms with Gasteiger partial charge in [-0.15, -0.1) is 0 Å². The lowest BCUT2D eigenvalue weighted by molar-refractivity contribution is 0.140. The molecule has 2 aromatic heterocycles. The van der Waals surface area contributed by atoms with E-state index in [0.29, 0.717) is 60.9 Å². The average Bonchev–Trinajstić information content (AvgIpc) is 3.16. The normalized spacial score (nSPS) is 15.9. The van der Waals surface area contributed by atoms with E-state index in [1.807, 2.05) is 0 Å². The van der Waals surface area contributed by atoms with Crippen LogP contribution in [0.4, 0.5) is 14.9 Å². The van der Waals surface area contributed by atoms with Gasteiger partial charge in [0.25, 0.3) is 5.56 Å². The largest absolute Gasteiger partial charge is 0.481 e. The van der Waals surface area contributed by atoms with Crippen molar-refractivity contribution in [2.45, 2.75) is 26.0 Å². The van der Waals surface area contributed by atoms with Gasteiger partial charge in [0.15, 0.2) is 5.65 Å². The highest BCUT2D eigenvalue weighted by Gasteiger charge is 2.32. The zero-order valence-corrected chi connectivity index (χ0v) is 17.9. The molecule has 3 aromatic rings. The van der Waals surface area contributed by atoms with Crippen LogP contribution in [0.1, 0.15) is 12.0 Å². The van der Waals surface area contributed by atoms with E-state index in [1.54, 1.807) is 35.8 Å². The summed E-state index contributed by atoms with van der Waals surface area (Å²) < 4.78 is 25.9. The first-order valence-corrected chi connectivity index (χ1v) is 10.3. The van der Waals surface area contributed by atoms with Crippen molar-refractivity contribution in [2.75, 3.05) is 31.6 Å². The van der Waals surface area contributed by atoms with Crippen LogP contribution in [-0.4, -0.2) is 53.5 Å². The van der Waals surface area contributed by atoms with Crippen LogP contribution in [0.2, 0.25) is 0 Å². The third-order valence-corrected chi connectivity index (χ3v) is 5.32. The number of nitrogens with zero attached hydrogens (tertiary/aromatic N) is 4. The number of rotatable bonds is 8. The number of pyridine rings is 1. The Hall–Kier alpha value is -3.53. The Bertz CT molecular complexity index is 1200. The molecule has 168 valence electrons. The van der Waals surface area contributed by atoms with Crippen LogP contribution in [0.25, 0.3) is 11.2 Å². The van der Waals surface area contributed by atoms with Gasteiger partial charge in [-0.25, -0.2) is 14.2 Å². The van der Waals surface area contributed by atoms with Crippen molar-refractivity contribution in [1.82, 2.24) is 19.9 Å². The summed E-state index contributed by atoms with van der Waals surface area (Å²) in [7, 11) is 1.52. The highest BCUT2D eigenvalue weighted by atomic mass is 19.1. The Morgan fingerprint density at radius 3 is 2.91 bits per heavy atom. The quantitative estimate of drug-likeness (QED) is 0.536. The van der Waals surface area contributed by atoms with Crippen LogP contribution in [-0.2, 0) is 11.3 Å². The maximum atomic E-state index is 13.8. The molecule has 1 atom stereocenters. The minimum Gasteiger partial charge on any atom is -0.481 e. The van der Waals surface area contributed by atoms with Crippen molar-refractivity contribution in [1.29, 1.82) is 0 Å². The summed E-state index contributed by atoms with van der Waals surface area (Å²) in [6.07, 6.45) is 1.10. The summed E-state index contributed by atoms with van der Waals surface area (Å²) in [5.74, 6) is 0.0562. The van der Waals surface area contributed by atoms with Crippen LogP contribution in [0.5, 0.6) is 5.88 Å². The number of benzene rings is 1. The molecule has 1 saturated heterocycles. The van der Waals surface area contributed by atoms with Gasteiger partial charge in [0.2, 0.25) is 5.88 Å². The van der Waals surface area contributed by atoms with Gasteiger partial charge < -0.3 is 14.8 Å². The minimum atomic E-state index is -0.491. The van der Waals surface area contributed by atoms with Crippen LogP contribution in [0.3, 0.4) is 0 Å². The summed E-state index contributed by atoms with van der Waals surface area (Å²) in [4.78, 5) is 34.3. The van der Waals surface area contributed by atoms with E-state index >= 15 is 0 Å². The zero-order chi connectivity index (χ0) is 22.7. The van der Waals surface area contributed by atoms with Crippen LogP contribution in [0, 0.1) is 12.7 Å². The van der Waals surface area contributed by atoms with Crippen LogP contribution >= 0.6 is 0 Å². The summed E-state index contributed by atoms with van der Waals surface area (Å²) in [5, 5.41) is 3.25. The molecule has 1 amide bonds. The van der Waals surface area contributed by atoms with Gasteiger partial charge in [-0.2, -0.15) is 4.98 Å². The van der Waals surface area contributed by atoms with E-state index in [1.165, 1.54) is 24.3 Å². The van der Waals surface area contributed by atoms with Gasteiger partial charge in [0.05, 0.1) is 25.5 Å². The first kappa shape index (κ1) is 21.7. The molecule has 4 rings (SSSR count). The Kier molecular flexibility index (Phi) is 6.31. The first-order chi connectivity index (χ1) is 15.5. The standard InChI is InChI=1S/C22H24FN5O4/c1-14-4-5-15(10-17(14)23)28-13-16(32-22(28)30)11-24-8-3-9-27-20(29)12-25-18-6-7-19(31-2)26-21(18)27/h4-7,10,12,16,24H,3,8-9,11,13H2,1-2H3. The number of carbonyl (C=O) groups is 1. The molecule has 0 spiro atoms. The lowest BCUT2D eigenvalue weighted by Gasteiger charge is -2.14. The molecule has 10 heteroatoms. The lowest BCUT2D eigenvalue weighted by Crippen LogP contribution is -2.32. The fourth-order valence-electron chi connectivity index (χ4n) is 3.57. The van der Waals surface area contributed by atoms with Crippen LogP contribution < -0.4 is 20.5 Å². The summed E-state index contributed by atoms with van der Waals surface area (Å²) in [6, 6.07) is 8.14. The number of hydrogen-bond donors (Lipinski definition) is 1. The number of nitrogens with one attached hydrogen (secondary N) is 1. The number of cyclic esters (lactones) is 1. The van der Waals surface area contributed by atoms with Crippen molar-refractivity contribution >= 4 is 22.9 Å². The van der Waals surface area contributed by atoms with E-state index < -0.39 is 6.09 Å². The Morgan fingerprint density at radius 1 is 1.28 bits per heavy atom. The maximum Gasteiger partial charge on any atom is 0.414 e. The van der Waals surface area contributed by atoms with Crippen molar-refractivity contribution < 1.29 is 18.7 Å². The van der Waals surface area contributed by atoms with E-state index in [9.17, 15) is 14.0 Å². The minimum absolute atomic E-state index is 0.232. The maximum absolute atomic E-state index is 13.8. The first-order valence-electron chi connectivity index (χ1n) is 10.3. The molecule has 1 fully saturated rings. The number of amides is 1. The lowest BCUT2D eigenvalue weighted by atomic mass is 10.2. The topological polar surface area (TPSA) is 98.6 Å². The highest BCUT2D eigenvalue weighted by molar-refractivity contribution is 5.89. The second kappa shape index (κ2) is 9.31. The van der Waals surface area contributed by atoms with Gasteiger partial charge >= 0.3 is 6.09 Å². The zero-order valence-electron chi connectivity index (χ0n) is 17.9. The third kappa shape index (κ3) is 4.54. The summed E-state index contributed by atoms with van der Waals surface area (Å²) in [6.45, 7) is 3.52. The van der Waals surface area contributed by atoms with Crippen molar-refractivity contribution in [3.63, 3.8) is 0 Å². The molecule has 9 nitrogen and oxygen atoms in total. The average molecular weight is 441 g/mol. The van der Waals surface area contributed by atoms with E-state index in [0.717, 1.165) is 0 Å². The molecule has 0 radical (unpaired) electrons. The monoisotopic (exact) mass is 441 g/mol. The molecule has 3 heterocycles. The van der Waals surface area contributed by atoms with E-state index in [4.69, 9.17) is 9.47 Å². The number of halogens is 1. The Labute approximate surface area is 183 Å². The van der Waals surface area contributed by atoms with Gasteiger partial charge in [0.1, 0.15) is 17.4 Å². The van der Waals surface area contributed by atoms with E-state index in [2.05, 4.69) is 15.3 Å². The molecule has 1 aliphatic rings. The summed E-state index contributed by atoms with van der Waals surface area (Å²) in [5.41, 5.74) is 1.86. The smallest absolute Gasteiger partial charge is 0.414 e. The number of hydrogen-bond acceptors (Lipinski definition) is 7. The molecule has 1 unspecified atom stereocenters. The molecule has 0 aliphatic carbocycles. The second-order valence-electron chi connectivity index (χ2n) is 7.55. The molecular weight excluding hydrogens is 417 g/mol. The third-order valence-electron chi connectivity index (χ3n) is 5.32. The molecule has 0 saturated carbocycles. The second-order valence-corrected chi connectivity index (χ2v) is 7.55. The predicted molar refractivity (Wildman–Crippen MR) is 117 cm³/mol. The number of carbonyl (C=O) groups excluding carboxylic acids is 1. The fourth-order valence-corrected chi connectivity index (χ4v) is 3.57. The SMILES string of the molecule is COc1ccc2ncc(=O)n(CCCNCC3CN(c4ccc(C)c(F)c4)C(=O)O3)c2n1. The van der Waals surface area contributed by atoms with Crippen molar-refractivity contribution in [2.24, 2.45) is 0 Å². The fraction of sp³-hybridized carbons (Fsp3) is 0.364. The highest BCUT2D eigenvalue weighted by Crippen LogP contribution is 2.23. The number of anilines is 1. The number of ether oxygens (including phenoxy) is 2. The van der Waals surface area contributed by atoms with Gasteiger partial charge in [-0.05, 0) is 43.7 Å². The van der Waals surface area contributed by atoms with Crippen LogP contribution in [0.15, 0.2) is 41.3 Å². The Balaban J connectivity index is 1.30. The molecular formula is C22H24FN5O4. The number of aryl methyl sites for hydroxylation is 2. The number of methoxy groups -OCH3 is 1. The molecule has 32 heavy (non-hydrogen) atoms. The summed E-state index contributed by atoms with van der Waals surface area (Å²) >= 11 is 0. The Morgan fingerprint density at radius 2 is 2.12 bits per heavy atom. The van der Waals surface area contributed by atoms with Gasteiger partial charge in [-0.3, -0.25) is 14.3 Å². The van der Waals surface area contributed by atoms with E-state index in [-0.39, 0.29) is 17.5 Å². The number of fused-ring (bicyclic) bond motifs is 1. The van der Waals surface area contributed by atoms with Crippen molar-refractivity contribution in [3.8, 4) is 5.88 Å². The predicted octanol–water partition coefficient (Wildman–Crippen LogP) is 2.25.